The summed E-state index contributed by atoms with van der Waals surface area (Å²) in [6.45, 7) is 0.0413. The van der Waals surface area contributed by atoms with Gasteiger partial charge in [-0.3, -0.25) is 0 Å². The summed E-state index contributed by atoms with van der Waals surface area (Å²) in [5.74, 6) is -0.883. The maximum absolute atomic E-state index is 14.0. The molecule has 3 nitrogen and oxygen atoms in total. The fourth-order valence-corrected chi connectivity index (χ4v) is 3.35. The number of aliphatic carboxylic acids is 1. The number of ether oxygens (including phenoxy) is 1. The molecule has 4 aromatic rings. The fourth-order valence-electron chi connectivity index (χ4n) is 3.35. The summed E-state index contributed by atoms with van der Waals surface area (Å²) in [6.07, 6.45) is 1.62. The lowest BCUT2D eigenvalue weighted by Crippen LogP contribution is -2.02. The van der Waals surface area contributed by atoms with Crippen LogP contribution in [0.2, 0.25) is 0 Å². The molecule has 0 aliphatic carbocycles. The Balaban J connectivity index is 1.83. The predicted octanol–water partition coefficient (Wildman–Crippen LogP) is 6.18. The largest absolute Gasteiger partial charge is 0.488 e. The van der Waals surface area contributed by atoms with Crippen LogP contribution in [0, 0.1) is 5.82 Å². The summed E-state index contributed by atoms with van der Waals surface area (Å²) in [5, 5.41) is 11.7. The highest BCUT2D eigenvalue weighted by Gasteiger charge is 2.15. The van der Waals surface area contributed by atoms with Crippen molar-refractivity contribution in [3.63, 3.8) is 0 Å². The van der Waals surface area contributed by atoms with E-state index in [1.54, 1.807) is 54.6 Å². The molecule has 4 aromatic carbocycles. The van der Waals surface area contributed by atoms with Gasteiger partial charge >= 0.3 is 5.97 Å². The molecule has 0 fully saturated rings. The van der Waals surface area contributed by atoms with Crippen LogP contribution in [-0.2, 0) is 11.4 Å². The Hall–Kier alpha value is -3.92. The second-order valence-electron chi connectivity index (χ2n) is 6.81. The van der Waals surface area contributed by atoms with E-state index in [9.17, 15) is 14.3 Å². The zero-order valence-corrected chi connectivity index (χ0v) is 16.1. The van der Waals surface area contributed by atoms with Gasteiger partial charge < -0.3 is 9.84 Å². The van der Waals surface area contributed by atoms with Crippen molar-refractivity contribution in [2.75, 3.05) is 0 Å². The van der Waals surface area contributed by atoms with Crippen LogP contribution in [0.5, 0.6) is 5.75 Å². The number of hydrogen-bond donors (Lipinski definition) is 1. The Morgan fingerprint density at radius 1 is 0.867 bits per heavy atom. The van der Waals surface area contributed by atoms with E-state index in [4.69, 9.17) is 4.74 Å². The van der Waals surface area contributed by atoms with Crippen molar-refractivity contribution in [2.45, 2.75) is 6.61 Å². The molecular weight excluding hydrogens is 379 g/mol. The number of benzene rings is 4. The molecule has 0 amide bonds. The number of rotatable bonds is 6. The van der Waals surface area contributed by atoms with E-state index in [2.05, 4.69) is 0 Å². The van der Waals surface area contributed by atoms with E-state index in [1.165, 1.54) is 6.07 Å². The minimum absolute atomic E-state index is 0.0413. The third-order valence-electron chi connectivity index (χ3n) is 4.88. The Labute approximate surface area is 173 Å². The van der Waals surface area contributed by atoms with Crippen molar-refractivity contribution in [3.05, 3.63) is 114 Å². The topological polar surface area (TPSA) is 46.5 Å². The molecule has 0 saturated carbocycles. The summed E-state index contributed by atoms with van der Waals surface area (Å²) in [7, 11) is 0. The first-order chi connectivity index (χ1) is 14.6. The molecule has 148 valence electrons. The van der Waals surface area contributed by atoms with E-state index in [0.717, 1.165) is 10.8 Å². The summed E-state index contributed by atoms with van der Waals surface area (Å²) >= 11 is 0. The van der Waals surface area contributed by atoms with E-state index in [0.29, 0.717) is 22.4 Å². The van der Waals surface area contributed by atoms with Gasteiger partial charge in [-0.2, -0.15) is 0 Å². The molecule has 30 heavy (non-hydrogen) atoms. The Kier molecular flexibility index (Phi) is 5.57. The van der Waals surface area contributed by atoms with Crippen LogP contribution in [-0.4, -0.2) is 11.1 Å². The van der Waals surface area contributed by atoms with Crippen molar-refractivity contribution >= 4 is 28.4 Å². The van der Waals surface area contributed by atoms with Crippen molar-refractivity contribution in [1.82, 2.24) is 0 Å². The zero-order chi connectivity index (χ0) is 20.9. The third kappa shape index (κ3) is 4.08. The molecule has 0 aliphatic rings. The number of fused-ring (bicyclic) bond motifs is 1. The predicted molar refractivity (Wildman–Crippen MR) is 117 cm³/mol. The highest BCUT2D eigenvalue weighted by molar-refractivity contribution is 6.22. The highest BCUT2D eigenvalue weighted by atomic mass is 19.1. The molecule has 0 spiro atoms. The minimum atomic E-state index is -1.03. The van der Waals surface area contributed by atoms with Gasteiger partial charge in [0.2, 0.25) is 0 Å². The van der Waals surface area contributed by atoms with Crippen molar-refractivity contribution in [2.24, 2.45) is 0 Å². The number of carbonyl (C=O) groups is 1. The van der Waals surface area contributed by atoms with Crippen LogP contribution < -0.4 is 4.74 Å². The van der Waals surface area contributed by atoms with Gasteiger partial charge in [0.25, 0.3) is 0 Å². The lowest BCUT2D eigenvalue weighted by molar-refractivity contribution is -0.130. The van der Waals surface area contributed by atoms with Gasteiger partial charge in [-0.15, -0.1) is 0 Å². The van der Waals surface area contributed by atoms with Crippen LogP contribution in [0.1, 0.15) is 16.7 Å². The van der Waals surface area contributed by atoms with Crippen LogP contribution in [0.3, 0.4) is 0 Å². The van der Waals surface area contributed by atoms with Gasteiger partial charge in [-0.1, -0.05) is 78.9 Å². The standard InChI is InChI=1S/C26H19FO3/c27-24-13-7-5-11-20(24)17-30-25-15-14-19-10-4-6-12-21(19)23(25)16-22(26(28)29)18-8-2-1-3-9-18/h1-16H,17H2,(H,28,29)/b22-16+. The van der Waals surface area contributed by atoms with Gasteiger partial charge in [0.05, 0.1) is 5.57 Å². The van der Waals surface area contributed by atoms with E-state index >= 15 is 0 Å². The Bertz CT molecular complexity index is 1230. The van der Waals surface area contributed by atoms with E-state index in [-0.39, 0.29) is 18.0 Å². The molecule has 4 rings (SSSR count). The normalized spacial score (nSPS) is 11.4. The maximum Gasteiger partial charge on any atom is 0.336 e. The summed E-state index contributed by atoms with van der Waals surface area (Å²) in [5.41, 5.74) is 1.83. The lowest BCUT2D eigenvalue weighted by atomic mass is 9.98. The molecular formula is C26H19FO3. The Morgan fingerprint density at radius 2 is 1.57 bits per heavy atom. The monoisotopic (exact) mass is 398 g/mol. The van der Waals surface area contributed by atoms with Gasteiger partial charge in [0, 0.05) is 11.1 Å². The molecule has 0 bridgehead atoms. The molecule has 0 aliphatic heterocycles. The first kappa shape index (κ1) is 19.4. The smallest absolute Gasteiger partial charge is 0.336 e. The molecule has 0 heterocycles. The summed E-state index contributed by atoms with van der Waals surface area (Å²) < 4.78 is 20.0. The SMILES string of the molecule is O=C(O)/C(=C/c1c(OCc2ccccc2F)ccc2ccccc12)c1ccccc1. The van der Waals surface area contributed by atoms with Crippen LogP contribution in [0.25, 0.3) is 22.4 Å². The molecule has 0 radical (unpaired) electrons. The first-order valence-corrected chi connectivity index (χ1v) is 9.52. The van der Waals surface area contributed by atoms with Crippen molar-refractivity contribution < 1.29 is 19.0 Å². The van der Waals surface area contributed by atoms with Crippen LogP contribution in [0.15, 0.2) is 91.0 Å². The number of carboxylic acids is 1. The fraction of sp³-hybridized carbons (Fsp3) is 0.0385. The molecule has 0 saturated heterocycles. The third-order valence-corrected chi connectivity index (χ3v) is 4.88. The minimum Gasteiger partial charge on any atom is -0.488 e. The molecule has 0 unspecified atom stereocenters. The number of halogens is 1. The zero-order valence-electron chi connectivity index (χ0n) is 16.1. The van der Waals surface area contributed by atoms with Crippen molar-refractivity contribution in [1.29, 1.82) is 0 Å². The average molecular weight is 398 g/mol. The summed E-state index contributed by atoms with van der Waals surface area (Å²) in [4.78, 5) is 12.0. The Morgan fingerprint density at radius 3 is 2.33 bits per heavy atom. The van der Waals surface area contributed by atoms with Crippen molar-refractivity contribution in [3.8, 4) is 5.75 Å². The lowest BCUT2D eigenvalue weighted by Gasteiger charge is -2.14. The molecule has 0 atom stereocenters. The van der Waals surface area contributed by atoms with Crippen LogP contribution >= 0.6 is 0 Å². The van der Waals surface area contributed by atoms with E-state index in [1.807, 2.05) is 36.4 Å². The highest BCUT2D eigenvalue weighted by Crippen LogP contribution is 2.33. The van der Waals surface area contributed by atoms with Gasteiger partial charge in [0.1, 0.15) is 18.2 Å². The average Bonchev–Trinajstić information content (AvgIpc) is 2.77. The number of carboxylic acid groups (broad SMARTS) is 1. The van der Waals surface area contributed by atoms with Crippen LogP contribution in [0.4, 0.5) is 4.39 Å². The molecule has 1 N–H and O–H groups in total. The quantitative estimate of drug-likeness (QED) is 0.311. The maximum atomic E-state index is 14.0. The van der Waals surface area contributed by atoms with E-state index < -0.39 is 5.97 Å². The van der Waals surface area contributed by atoms with Gasteiger partial charge in [0.15, 0.2) is 0 Å². The second kappa shape index (κ2) is 8.62. The molecule has 4 heteroatoms. The molecule has 0 aromatic heterocycles. The van der Waals surface area contributed by atoms with Gasteiger partial charge in [-0.25, -0.2) is 9.18 Å². The number of hydrogen-bond acceptors (Lipinski definition) is 2. The second-order valence-corrected chi connectivity index (χ2v) is 6.81. The van der Waals surface area contributed by atoms with Gasteiger partial charge in [-0.05, 0) is 34.5 Å². The first-order valence-electron chi connectivity index (χ1n) is 9.52. The summed E-state index contributed by atoms with van der Waals surface area (Å²) in [6, 6.07) is 26.8.